The van der Waals surface area contributed by atoms with E-state index in [1.807, 2.05) is 11.2 Å². The Balaban J connectivity index is 0.00000484. The summed E-state index contributed by atoms with van der Waals surface area (Å²) in [5, 5.41) is 0. The zero-order chi connectivity index (χ0) is 16.5. The minimum Gasteiger partial charge on any atom is -0.338 e. The van der Waals surface area contributed by atoms with Crippen LogP contribution < -0.4 is 5.73 Å². The maximum atomic E-state index is 12.2. The Morgan fingerprint density at radius 3 is 2.13 bits per heavy atom. The average molecular weight is 367 g/mol. The molecule has 1 atom stereocenters. The van der Waals surface area contributed by atoms with Crippen LogP contribution in [0.4, 0.5) is 0 Å². The molecule has 1 aliphatic heterocycles. The quantitative estimate of drug-likeness (QED) is 0.677. The number of amides is 2. The zero-order valence-corrected chi connectivity index (χ0v) is 16.1. The lowest BCUT2D eigenvalue weighted by atomic mass is 10.2. The molecule has 0 bridgehead atoms. The fourth-order valence-electron chi connectivity index (χ4n) is 2.52. The molecule has 2 amide bonds. The van der Waals surface area contributed by atoms with Gasteiger partial charge in [0.1, 0.15) is 0 Å². The van der Waals surface area contributed by atoms with Crippen LogP contribution in [0, 0.1) is 0 Å². The van der Waals surface area contributed by atoms with Crippen molar-refractivity contribution in [2.24, 2.45) is 5.73 Å². The molecule has 0 unspecified atom stereocenters. The topological polar surface area (TPSA) is 69.9 Å². The lowest BCUT2D eigenvalue weighted by molar-refractivity contribution is -0.140. The fraction of sp³-hybridized carbons (Fsp3) is 0.867. The van der Waals surface area contributed by atoms with Crippen molar-refractivity contribution in [3.63, 3.8) is 0 Å². The zero-order valence-electron chi connectivity index (χ0n) is 14.5. The Labute approximate surface area is 150 Å². The number of carbonyl (C=O) groups is 2. The molecular formula is C15H31ClN4O2S. The van der Waals surface area contributed by atoms with E-state index in [2.05, 4.69) is 18.7 Å². The van der Waals surface area contributed by atoms with Crippen molar-refractivity contribution in [2.45, 2.75) is 26.3 Å². The molecule has 1 fully saturated rings. The third kappa shape index (κ3) is 7.28. The number of hydrogen-bond donors (Lipinski definition) is 1. The normalized spacial score (nSPS) is 16.2. The van der Waals surface area contributed by atoms with Gasteiger partial charge in [-0.05, 0) is 31.5 Å². The van der Waals surface area contributed by atoms with Crippen LogP contribution in [-0.2, 0) is 9.59 Å². The van der Waals surface area contributed by atoms with Gasteiger partial charge in [-0.3, -0.25) is 14.5 Å². The lowest BCUT2D eigenvalue weighted by Gasteiger charge is -2.36. The SMILES string of the molecule is CCN(CC)CC(=O)N1CCN(C(=O)[C@@H](N)CCSC)CC1.Cl. The summed E-state index contributed by atoms with van der Waals surface area (Å²) >= 11 is 1.70. The van der Waals surface area contributed by atoms with E-state index in [0.29, 0.717) is 39.1 Å². The second kappa shape index (κ2) is 11.9. The number of nitrogens with two attached hydrogens (primary N) is 1. The molecule has 6 nitrogen and oxygen atoms in total. The molecule has 0 saturated carbocycles. The minimum atomic E-state index is -0.412. The summed E-state index contributed by atoms with van der Waals surface area (Å²) in [5.41, 5.74) is 5.94. The van der Waals surface area contributed by atoms with E-state index in [4.69, 9.17) is 5.73 Å². The van der Waals surface area contributed by atoms with Crippen LogP contribution in [-0.4, -0.2) is 90.4 Å². The van der Waals surface area contributed by atoms with Gasteiger partial charge in [0, 0.05) is 26.2 Å². The first-order valence-corrected chi connectivity index (χ1v) is 9.46. The molecule has 136 valence electrons. The summed E-state index contributed by atoms with van der Waals surface area (Å²) in [5.74, 6) is 1.07. The van der Waals surface area contributed by atoms with Crippen molar-refractivity contribution >= 4 is 36.0 Å². The maximum absolute atomic E-state index is 12.2. The highest BCUT2D eigenvalue weighted by atomic mass is 35.5. The van der Waals surface area contributed by atoms with E-state index < -0.39 is 6.04 Å². The monoisotopic (exact) mass is 366 g/mol. The van der Waals surface area contributed by atoms with Gasteiger partial charge in [-0.2, -0.15) is 11.8 Å². The summed E-state index contributed by atoms with van der Waals surface area (Å²) < 4.78 is 0. The molecule has 1 aliphatic rings. The first kappa shape index (κ1) is 22.5. The van der Waals surface area contributed by atoms with Crippen molar-refractivity contribution in [1.29, 1.82) is 0 Å². The molecular weight excluding hydrogens is 336 g/mol. The number of nitrogens with zero attached hydrogens (tertiary/aromatic N) is 3. The van der Waals surface area contributed by atoms with Crippen molar-refractivity contribution in [3.05, 3.63) is 0 Å². The van der Waals surface area contributed by atoms with Crippen LogP contribution in [0.2, 0.25) is 0 Å². The number of halogens is 1. The van der Waals surface area contributed by atoms with Gasteiger partial charge in [0.15, 0.2) is 0 Å². The first-order valence-electron chi connectivity index (χ1n) is 8.06. The van der Waals surface area contributed by atoms with Crippen molar-refractivity contribution in [1.82, 2.24) is 14.7 Å². The smallest absolute Gasteiger partial charge is 0.239 e. The third-order valence-electron chi connectivity index (χ3n) is 4.15. The molecule has 23 heavy (non-hydrogen) atoms. The van der Waals surface area contributed by atoms with E-state index in [9.17, 15) is 9.59 Å². The van der Waals surface area contributed by atoms with Crippen molar-refractivity contribution in [3.8, 4) is 0 Å². The van der Waals surface area contributed by atoms with Crippen LogP contribution in [0.25, 0.3) is 0 Å². The van der Waals surface area contributed by atoms with Gasteiger partial charge in [-0.25, -0.2) is 0 Å². The third-order valence-corrected chi connectivity index (χ3v) is 4.79. The highest BCUT2D eigenvalue weighted by molar-refractivity contribution is 7.98. The van der Waals surface area contributed by atoms with E-state index in [0.717, 1.165) is 18.8 Å². The summed E-state index contributed by atoms with van der Waals surface area (Å²) in [6.45, 7) is 8.75. The maximum Gasteiger partial charge on any atom is 0.239 e. The summed E-state index contributed by atoms with van der Waals surface area (Å²) in [6, 6.07) is -0.412. The second-order valence-electron chi connectivity index (χ2n) is 5.56. The van der Waals surface area contributed by atoms with Crippen LogP contribution in [0.3, 0.4) is 0 Å². The van der Waals surface area contributed by atoms with Crippen molar-refractivity contribution in [2.75, 3.05) is 57.8 Å². The molecule has 1 saturated heterocycles. The molecule has 2 N–H and O–H groups in total. The van der Waals surface area contributed by atoms with Gasteiger partial charge in [-0.1, -0.05) is 13.8 Å². The molecule has 1 heterocycles. The standard InChI is InChI=1S/C15H30N4O2S.ClH/c1-4-17(5-2)12-14(20)18-7-9-19(10-8-18)15(21)13(16)6-11-22-3;/h13H,4-12,16H2,1-3H3;1H/t13-;/m0./s1. The largest absolute Gasteiger partial charge is 0.338 e. The highest BCUT2D eigenvalue weighted by Crippen LogP contribution is 2.07. The molecule has 0 aromatic heterocycles. The van der Waals surface area contributed by atoms with E-state index in [-0.39, 0.29) is 24.2 Å². The Morgan fingerprint density at radius 2 is 1.65 bits per heavy atom. The van der Waals surface area contributed by atoms with Gasteiger partial charge >= 0.3 is 0 Å². The van der Waals surface area contributed by atoms with E-state index in [1.165, 1.54) is 0 Å². The summed E-state index contributed by atoms with van der Waals surface area (Å²) in [4.78, 5) is 30.2. The average Bonchev–Trinajstić information content (AvgIpc) is 2.56. The van der Waals surface area contributed by atoms with E-state index in [1.54, 1.807) is 16.7 Å². The molecule has 0 aromatic rings. The van der Waals surface area contributed by atoms with Crippen LogP contribution in [0.5, 0.6) is 0 Å². The number of carbonyl (C=O) groups excluding carboxylic acids is 2. The molecule has 0 spiro atoms. The van der Waals surface area contributed by atoms with Gasteiger partial charge in [0.05, 0.1) is 12.6 Å². The Kier molecular flexibility index (Phi) is 11.7. The van der Waals surface area contributed by atoms with Crippen molar-refractivity contribution < 1.29 is 9.59 Å². The Hall–Kier alpha value is -0.500. The number of piperazine rings is 1. The summed E-state index contributed by atoms with van der Waals surface area (Å²) in [6.07, 6.45) is 2.72. The molecule has 8 heteroatoms. The van der Waals surface area contributed by atoms with Crippen LogP contribution in [0.15, 0.2) is 0 Å². The number of likely N-dealkylation sites (N-methyl/N-ethyl adjacent to an activating group) is 1. The number of hydrogen-bond acceptors (Lipinski definition) is 5. The van der Waals surface area contributed by atoms with Gasteiger partial charge in [-0.15, -0.1) is 12.4 Å². The molecule has 0 aromatic carbocycles. The predicted octanol–water partition coefficient (Wildman–Crippen LogP) is 0.501. The number of thioether (sulfide) groups is 1. The second-order valence-corrected chi connectivity index (χ2v) is 6.54. The predicted molar refractivity (Wildman–Crippen MR) is 99.2 cm³/mol. The minimum absolute atomic E-state index is 0. The van der Waals surface area contributed by atoms with Gasteiger partial charge in [0.25, 0.3) is 0 Å². The molecule has 1 rings (SSSR count). The first-order chi connectivity index (χ1) is 10.5. The Morgan fingerprint density at radius 1 is 1.13 bits per heavy atom. The number of rotatable bonds is 8. The Bertz CT molecular complexity index is 361. The van der Waals surface area contributed by atoms with Gasteiger partial charge in [0.2, 0.25) is 11.8 Å². The highest BCUT2D eigenvalue weighted by Gasteiger charge is 2.27. The fourth-order valence-corrected chi connectivity index (χ4v) is 3.01. The van der Waals surface area contributed by atoms with Crippen LogP contribution in [0.1, 0.15) is 20.3 Å². The van der Waals surface area contributed by atoms with Gasteiger partial charge < -0.3 is 15.5 Å². The lowest BCUT2D eigenvalue weighted by Crippen LogP contribution is -2.55. The molecule has 0 radical (unpaired) electrons. The van der Waals surface area contributed by atoms with Crippen LogP contribution >= 0.6 is 24.2 Å². The molecule has 0 aliphatic carbocycles. The van der Waals surface area contributed by atoms with E-state index >= 15 is 0 Å². The summed E-state index contributed by atoms with van der Waals surface area (Å²) in [7, 11) is 0.